The maximum atomic E-state index is 11.0. The molecule has 0 saturated carbocycles. The maximum absolute atomic E-state index is 11.0. The summed E-state index contributed by atoms with van der Waals surface area (Å²) in [6, 6.07) is 4.25. The molecule has 0 fully saturated rings. The molecule has 1 rings (SSSR count). The summed E-state index contributed by atoms with van der Waals surface area (Å²) in [6.07, 6.45) is 2.79. The number of nitrogens with zero attached hydrogens (tertiary/aromatic N) is 1. The largest absolute Gasteiger partial charge is 0.481 e. The Labute approximate surface area is 120 Å². The summed E-state index contributed by atoms with van der Waals surface area (Å²) in [6.45, 7) is 8.88. The van der Waals surface area contributed by atoms with Gasteiger partial charge in [0.1, 0.15) is 0 Å². The highest BCUT2D eigenvalue weighted by Gasteiger charge is 2.26. The van der Waals surface area contributed by atoms with Gasteiger partial charge in [-0.15, -0.1) is 11.3 Å². The number of rotatable bonds is 9. The van der Waals surface area contributed by atoms with Crippen LogP contribution in [0.25, 0.3) is 0 Å². The normalized spacial score (nSPS) is 12.0. The van der Waals surface area contributed by atoms with Gasteiger partial charge in [0.25, 0.3) is 0 Å². The van der Waals surface area contributed by atoms with Crippen LogP contribution in [0.4, 0.5) is 0 Å². The summed E-state index contributed by atoms with van der Waals surface area (Å²) < 4.78 is 0. The Balaban J connectivity index is 2.25. The van der Waals surface area contributed by atoms with E-state index in [4.69, 9.17) is 5.11 Å². The van der Waals surface area contributed by atoms with Crippen LogP contribution in [0.3, 0.4) is 0 Å². The lowest BCUT2D eigenvalue weighted by Crippen LogP contribution is -2.26. The van der Waals surface area contributed by atoms with Crippen molar-refractivity contribution in [3.63, 3.8) is 0 Å². The zero-order chi connectivity index (χ0) is 14.3. The minimum Gasteiger partial charge on any atom is -0.481 e. The van der Waals surface area contributed by atoms with Crippen molar-refractivity contribution in [3.05, 3.63) is 22.4 Å². The minimum atomic E-state index is -0.696. The summed E-state index contributed by atoms with van der Waals surface area (Å²) in [5, 5.41) is 11.2. The van der Waals surface area contributed by atoms with Crippen LogP contribution in [0, 0.1) is 5.41 Å². The van der Waals surface area contributed by atoms with Gasteiger partial charge in [-0.3, -0.25) is 9.69 Å². The first kappa shape index (κ1) is 16.2. The molecular weight excluding hydrogens is 258 g/mol. The Morgan fingerprint density at radius 1 is 1.42 bits per heavy atom. The summed E-state index contributed by atoms with van der Waals surface area (Å²) >= 11 is 1.79. The topological polar surface area (TPSA) is 40.5 Å². The molecule has 19 heavy (non-hydrogen) atoms. The highest BCUT2D eigenvalue weighted by Crippen LogP contribution is 2.23. The van der Waals surface area contributed by atoms with E-state index in [0.717, 1.165) is 38.9 Å². The lowest BCUT2D eigenvalue weighted by molar-refractivity contribution is -0.147. The van der Waals surface area contributed by atoms with Gasteiger partial charge in [0, 0.05) is 11.4 Å². The van der Waals surface area contributed by atoms with Crippen LogP contribution in [0.15, 0.2) is 17.5 Å². The molecule has 0 atom stereocenters. The van der Waals surface area contributed by atoms with Crippen molar-refractivity contribution in [1.29, 1.82) is 0 Å². The first-order chi connectivity index (χ1) is 8.95. The average molecular weight is 283 g/mol. The van der Waals surface area contributed by atoms with Gasteiger partial charge in [-0.05, 0) is 51.2 Å². The van der Waals surface area contributed by atoms with E-state index in [9.17, 15) is 4.79 Å². The second kappa shape index (κ2) is 7.65. The van der Waals surface area contributed by atoms with Crippen molar-refractivity contribution in [2.45, 2.75) is 46.6 Å². The Hall–Kier alpha value is -0.870. The van der Waals surface area contributed by atoms with E-state index in [1.807, 2.05) is 0 Å². The van der Waals surface area contributed by atoms with Gasteiger partial charge >= 0.3 is 5.97 Å². The molecular formula is C15H25NO2S. The van der Waals surface area contributed by atoms with Crippen LogP contribution < -0.4 is 0 Å². The first-order valence-electron chi connectivity index (χ1n) is 6.94. The SMILES string of the molecule is CCN(CCCCC(C)(C)C(=O)O)Cc1cccs1. The fourth-order valence-electron chi connectivity index (χ4n) is 1.98. The molecule has 1 N–H and O–H groups in total. The zero-order valence-corrected chi connectivity index (χ0v) is 13.0. The molecule has 1 aromatic heterocycles. The van der Waals surface area contributed by atoms with Gasteiger partial charge in [0.05, 0.1) is 5.41 Å². The second-order valence-electron chi connectivity index (χ2n) is 5.59. The number of carboxylic acids is 1. The smallest absolute Gasteiger partial charge is 0.309 e. The summed E-state index contributed by atoms with van der Waals surface area (Å²) in [4.78, 5) is 14.8. The Bertz CT molecular complexity index is 374. The van der Waals surface area contributed by atoms with E-state index in [1.54, 1.807) is 25.2 Å². The molecule has 0 aromatic carbocycles. The fourth-order valence-corrected chi connectivity index (χ4v) is 2.73. The second-order valence-corrected chi connectivity index (χ2v) is 6.63. The van der Waals surface area contributed by atoms with E-state index in [2.05, 4.69) is 29.3 Å². The highest BCUT2D eigenvalue weighted by atomic mass is 32.1. The molecule has 0 radical (unpaired) electrons. The molecule has 0 aliphatic carbocycles. The van der Waals surface area contributed by atoms with E-state index >= 15 is 0 Å². The lowest BCUT2D eigenvalue weighted by Gasteiger charge is -2.22. The van der Waals surface area contributed by atoms with Gasteiger partial charge in [0.2, 0.25) is 0 Å². The quantitative estimate of drug-likeness (QED) is 0.700. The minimum absolute atomic E-state index is 0.592. The number of hydrogen-bond acceptors (Lipinski definition) is 3. The molecule has 0 unspecified atom stereocenters. The number of thiophene rings is 1. The molecule has 1 aromatic rings. The van der Waals surface area contributed by atoms with Crippen molar-refractivity contribution in [2.75, 3.05) is 13.1 Å². The summed E-state index contributed by atoms with van der Waals surface area (Å²) in [5.74, 6) is -0.696. The molecule has 108 valence electrons. The number of carboxylic acid groups (broad SMARTS) is 1. The Morgan fingerprint density at radius 2 is 2.16 bits per heavy atom. The third kappa shape index (κ3) is 5.74. The van der Waals surface area contributed by atoms with Crippen molar-refractivity contribution in [2.24, 2.45) is 5.41 Å². The van der Waals surface area contributed by atoms with Crippen molar-refractivity contribution < 1.29 is 9.90 Å². The molecule has 0 aliphatic heterocycles. The maximum Gasteiger partial charge on any atom is 0.309 e. The highest BCUT2D eigenvalue weighted by molar-refractivity contribution is 7.09. The Kier molecular flexibility index (Phi) is 6.52. The third-order valence-electron chi connectivity index (χ3n) is 3.51. The van der Waals surface area contributed by atoms with Crippen molar-refractivity contribution in [1.82, 2.24) is 4.90 Å². The predicted molar refractivity (Wildman–Crippen MR) is 80.5 cm³/mol. The van der Waals surface area contributed by atoms with Gasteiger partial charge in [-0.25, -0.2) is 0 Å². The number of aliphatic carboxylic acids is 1. The van der Waals surface area contributed by atoms with E-state index in [1.165, 1.54) is 4.88 Å². The van der Waals surface area contributed by atoms with Crippen LogP contribution in [0.1, 0.15) is 44.9 Å². The Morgan fingerprint density at radius 3 is 2.68 bits per heavy atom. The molecule has 0 saturated heterocycles. The van der Waals surface area contributed by atoms with Crippen LogP contribution in [-0.4, -0.2) is 29.1 Å². The summed E-state index contributed by atoms with van der Waals surface area (Å²) in [5.41, 5.74) is -0.592. The molecule has 4 heteroatoms. The van der Waals surface area contributed by atoms with Gasteiger partial charge in [0.15, 0.2) is 0 Å². The molecule has 0 spiro atoms. The lowest BCUT2D eigenvalue weighted by atomic mass is 9.87. The number of hydrogen-bond donors (Lipinski definition) is 1. The standard InChI is InChI=1S/C15H25NO2S/c1-4-16(12-13-8-7-11-19-13)10-6-5-9-15(2,3)14(17)18/h7-8,11H,4-6,9-10,12H2,1-3H3,(H,17,18). The van der Waals surface area contributed by atoms with Gasteiger partial charge in [-0.2, -0.15) is 0 Å². The molecule has 0 aliphatic rings. The third-order valence-corrected chi connectivity index (χ3v) is 4.37. The van der Waals surface area contributed by atoms with Gasteiger partial charge in [-0.1, -0.05) is 19.4 Å². The first-order valence-corrected chi connectivity index (χ1v) is 7.82. The molecule has 1 heterocycles. The predicted octanol–water partition coefficient (Wildman–Crippen LogP) is 3.85. The zero-order valence-electron chi connectivity index (χ0n) is 12.2. The van der Waals surface area contributed by atoms with E-state index in [0.29, 0.717) is 0 Å². The fraction of sp³-hybridized carbons (Fsp3) is 0.667. The van der Waals surface area contributed by atoms with Crippen LogP contribution in [0.5, 0.6) is 0 Å². The molecule has 3 nitrogen and oxygen atoms in total. The average Bonchev–Trinajstić information content (AvgIpc) is 2.85. The van der Waals surface area contributed by atoms with E-state index < -0.39 is 11.4 Å². The van der Waals surface area contributed by atoms with Crippen molar-refractivity contribution >= 4 is 17.3 Å². The number of carbonyl (C=O) groups is 1. The van der Waals surface area contributed by atoms with E-state index in [-0.39, 0.29) is 0 Å². The number of unbranched alkanes of at least 4 members (excludes halogenated alkanes) is 1. The van der Waals surface area contributed by atoms with Crippen molar-refractivity contribution in [3.8, 4) is 0 Å². The van der Waals surface area contributed by atoms with Crippen LogP contribution in [0.2, 0.25) is 0 Å². The van der Waals surface area contributed by atoms with Gasteiger partial charge < -0.3 is 5.11 Å². The molecule has 0 bridgehead atoms. The molecule has 0 amide bonds. The van der Waals surface area contributed by atoms with Crippen LogP contribution >= 0.6 is 11.3 Å². The monoisotopic (exact) mass is 283 g/mol. The van der Waals surface area contributed by atoms with Crippen LogP contribution in [-0.2, 0) is 11.3 Å². The summed E-state index contributed by atoms with van der Waals surface area (Å²) in [7, 11) is 0.